The standard InChI is InChI=1S/C30H34F2N8O/c1-15(2)40-17(4)35-28-23(31)10-18(11-25(28)40)27-24(32)14-33-30(38-27)37-26-9-8-22(16(3)34-26)29(41)36-19-12-20-6-7-21(13-19)39(20)5/h8-11,14-15,19-21H,6-7,12-13H2,1-5H3,(H,36,41)(H,33,34,37,38). The van der Waals surface area contributed by atoms with Crippen LogP contribution in [-0.4, -0.2) is 60.5 Å². The molecule has 0 saturated carbocycles. The van der Waals surface area contributed by atoms with E-state index in [-0.39, 0.29) is 40.7 Å². The van der Waals surface area contributed by atoms with Crippen LogP contribution >= 0.6 is 0 Å². The maximum atomic E-state index is 15.0. The Bertz CT molecular complexity index is 1640. The van der Waals surface area contributed by atoms with Crippen LogP contribution in [0, 0.1) is 25.5 Å². The van der Waals surface area contributed by atoms with Gasteiger partial charge in [0.2, 0.25) is 5.95 Å². The zero-order chi connectivity index (χ0) is 29.0. The van der Waals surface area contributed by atoms with Crippen LogP contribution in [0.15, 0.2) is 30.5 Å². The van der Waals surface area contributed by atoms with Crippen molar-refractivity contribution in [3.05, 3.63) is 59.2 Å². The molecule has 214 valence electrons. The van der Waals surface area contributed by atoms with Crippen LogP contribution < -0.4 is 10.6 Å². The maximum absolute atomic E-state index is 15.0. The van der Waals surface area contributed by atoms with Crippen LogP contribution in [0.5, 0.6) is 0 Å². The first kappa shape index (κ1) is 27.2. The number of pyridine rings is 1. The number of aromatic nitrogens is 5. The third-order valence-electron chi connectivity index (χ3n) is 8.46. The summed E-state index contributed by atoms with van der Waals surface area (Å²) in [6.07, 6.45) is 5.35. The number of nitrogens with zero attached hydrogens (tertiary/aromatic N) is 6. The number of amides is 1. The number of nitrogens with one attached hydrogen (secondary N) is 2. The molecule has 2 fully saturated rings. The maximum Gasteiger partial charge on any atom is 0.253 e. The van der Waals surface area contributed by atoms with E-state index >= 15 is 4.39 Å². The highest BCUT2D eigenvalue weighted by Crippen LogP contribution is 2.34. The number of hydrogen-bond acceptors (Lipinski definition) is 7. The lowest BCUT2D eigenvalue weighted by molar-refractivity contribution is 0.0881. The van der Waals surface area contributed by atoms with E-state index in [1.54, 1.807) is 25.1 Å². The van der Waals surface area contributed by atoms with E-state index in [0.717, 1.165) is 19.0 Å². The molecule has 2 N–H and O–H groups in total. The Morgan fingerprint density at radius 2 is 1.76 bits per heavy atom. The van der Waals surface area contributed by atoms with Crippen molar-refractivity contribution in [2.75, 3.05) is 12.4 Å². The number of imidazole rings is 1. The fraction of sp³-hybridized carbons (Fsp3) is 0.433. The second-order valence-electron chi connectivity index (χ2n) is 11.5. The van der Waals surface area contributed by atoms with Crippen LogP contribution in [0.4, 0.5) is 20.5 Å². The number of rotatable bonds is 6. The van der Waals surface area contributed by atoms with Crippen LogP contribution in [0.1, 0.15) is 67.4 Å². The molecule has 6 rings (SSSR count). The molecule has 2 bridgehead atoms. The Balaban J connectivity index is 1.22. The minimum atomic E-state index is -0.680. The molecular weight excluding hydrogens is 526 g/mol. The first-order valence-corrected chi connectivity index (χ1v) is 14.1. The Hall–Kier alpha value is -3.99. The summed E-state index contributed by atoms with van der Waals surface area (Å²) in [6.45, 7) is 7.55. The number of anilines is 2. The van der Waals surface area contributed by atoms with Crippen molar-refractivity contribution in [1.82, 2.24) is 34.7 Å². The topological polar surface area (TPSA) is 101 Å². The van der Waals surface area contributed by atoms with E-state index in [0.29, 0.717) is 40.5 Å². The van der Waals surface area contributed by atoms with Gasteiger partial charge in [0.25, 0.3) is 5.91 Å². The number of benzene rings is 1. The summed E-state index contributed by atoms with van der Waals surface area (Å²) in [5.41, 5.74) is 2.09. The van der Waals surface area contributed by atoms with Gasteiger partial charge in [-0.25, -0.2) is 28.7 Å². The van der Waals surface area contributed by atoms with E-state index in [4.69, 9.17) is 0 Å². The lowest BCUT2D eigenvalue weighted by atomic mass is 9.97. The van der Waals surface area contributed by atoms with Gasteiger partial charge < -0.3 is 20.1 Å². The van der Waals surface area contributed by atoms with E-state index in [1.165, 1.54) is 18.9 Å². The third kappa shape index (κ3) is 5.03. The number of piperidine rings is 1. The van der Waals surface area contributed by atoms with Gasteiger partial charge in [-0.15, -0.1) is 0 Å². The molecule has 41 heavy (non-hydrogen) atoms. The third-order valence-corrected chi connectivity index (χ3v) is 8.46. The van der Waals surface area contributed by atoms with Crippen molar-refractivity contribution in [2.45, 2.75) is 77.5 Å². The average molecular weight is 561 g/mol. The highest BCUT2D eigenvalue weighted by molar-refractivity contribution is 5.95. The fourth-order valence-corrected chi connectivity index (χ4v) is 6.46. The lowest BCUT2D eigenvalue weighted by Gasteiger charge is -2.36. The molecule has 2 unspecified atom stereocenters. The molecule has 2 saturated heterocycles. The quantitative estimate of drug-likeness (QED) is 0.323. The lowest BCUT2D eigenvalue weighted by Crippen LogP contribution is -2.48. The predicted octanol–water partition coefficient (Wildman–Crippen LogP) is 5.46. The first-order valence-electron chi connectivity index (χ1n) is 14.1. The van der Waals surface area contributed by atoms with E-state index < -0.39 is 11.6 Å². The van der Waals surface area contributed by atoms with Crippen molar-refractivity contribution < 1.29 is 13.6 Å². The average Bonchev–Trinajstić information content (AvgIpc) is 3.34. The van der Waals surface area contributed by atoms with E-state index in [9.17, 15) is 9.18 Å². The van der Waals surface area contributed by atoms with Crippen LogP contribution in [-0.2, 0) is 0 Å². The van der Waals surface area contributed by atoms with Gasteiger partial charge in [-0.3, -0.25) is 4.79 Å². The van der Waals surface area contributed by atoms with E-state index in [1.807, 2.05) is 25.3 Å². The van der Waals surface area contributed by atoms with Gasteiger partial charge in [-0.05, 0) is 84.7 Å². The molecule has 0 spiro atoms. The first-order chi connectivity index (χ1) is 19.6. The molecule has 9 nitrogen and oxygen atoms in total. The summed E-state index contributed by atoms with van der Waals surface area (Å²) in [4.78, 5) is 32.8. The second kappa shape index (κ2) is 10.4. The monoisotopic (exact) mass is 560 g/mol. The molecule has 1 amide bonds. The minimum absolute atomic E-state index is 0.0426. The number of carbonyl (C=O) groups excluding carboxylic acids is 1. The molecule has 0 aliphatic carbocycles. The molecule has 2 atom stereocenters. The summed E-state index contributed by atoms with van der Waals surface area (Å²) in [5.74, 6) is -0.185. The number of fused-ring (bicyclic) bond motifs is 3. The fourth-order valence-electron chi connectivity index (χ4n) is 6.46. The number of halogens is 2. The van der Waals surface area contributed by atoms with Gasteiger partial charge in [0.05, 0.1) is 23.0 Å². The Labute approximate surface area is 237 Å². The highest BCUT2D eigenvalue weighted by atomic mass is 19.1. The van der Waals surface area contributed by atoms with Gasteiger partial charge in [-0.1, -0.05) is 0 Å². The zero-order valence-electron chi connectivity index (χ0n) is 23.9. The number of hydrogen-bond donors (Lipinski definition) is 2. The smallest absolute Gasteiger partial charge is 0.253 e. The molecule has 0 radical (unpaired) electrons. The molecule has 2 aliphatic rings. The summed E-state index contributed by atoms with van der Waals surface area (Å²) >= 11 is 0. The van der Waals surface area contributed by atoms with Crippen molar-refractivity contribution in [3.63, 3.8) is 0 Å². The van der Waals surface area contributed by atoms with Crippen molar-refractivity contribution >= 4 is 28.7 Å². The molecule has 1 aromatic carbocycles. The molecular formula is C30H34F2N8O. The molecule has 11 heteroatoms. The summed E-state index contributed by atoms with van der Waals surface area (Å²) in [7, 11) is 2.17. The Morgan fingerprint density at radius 1 is 1.02 bits per heavy atom. The van der Waals surface area contributed by atoms with Gasteiger partial charge >= 0.3 is 0 Å². The molecule has 5 heterocycles. The van der Waals surface area contributed by atoms with Crippen molar-refractivity contribution in [3.8, 4) is 11.3 Å². The molecule has 4 aromatic rings. The van der Waals surface area contributed by atoms with Crippen molar-refractivity contribution in [2.24, 2.45) is 0 Å². The van der Waals surface area contributed by atoms with Gasteiger partial charge in [0.1, 0.15) is 22.9 Å². The molecule has 3 aromatic heterocycles. The zero-order valence-corrected chi connectivity index (χ0v) is 23.9. The minimum Gasteiger partial charge on any atom is -0.349 e. The van der Waals surface area contributed by atoms with Gasteiger partial charge in [0.15, 0.2) is 11.6 Å². The summed E-state index contributed by atoms with van der Waals surface area (Å²) in [6, 6.07) is 7.58. The SMILES string of the molecule is Cc1nc(Nc2ncc(F)c(-c3cc(F)c4nc(C)n(C(C)C)c4c3)n2)ccc1C(=O)NC1CC2CCC(C1)N2C. The highest BCUT2D eigenvalue weighted by Gasteiger charge is 2.39. The predicted molar refractivity (Wildman–Crippen MR) is 153 cm³/mol. The van der Waals surface area contributed by atoms with Crippen LogP contribution in [0.25, 0.3) is 22.3 Å². The van der Waals surface area contributed by atoms with Crippen molar-refractivity contribution in [1.29, 1.82) is 0 Å². The number of carbonyl (C=O) groups is 1. The Kier molecular flexibility index (Phi) is 6.93. The largest absolute Gasteiger partial charge is 0.349 e. The number of aryl methyl sites for hydroxylation is 2. The van der Waals surface area contributed by atoms with E-state index in [2.05, 4.69) is 42.5 Å². The second-order valence-corrected chi connectivity index (χ2v) is 11.5. The van der Waals surface area contributed by atoms with Gasteiger partial charge in [0, 0.05) is 29.7 Å². The Morgan fingerprint density at radius 3 is 2.44 bits per heavy atom. The van der Waals surface area contributed by atoms with Crippen LogP contribution in [0.3, 0.4) is 0 Å². The van der Waals surface area contributed by atoms with Crippen LogP contribution in [0.2, 0.25) is 0 Å². The molecule has 2 aliphatic heterocycles. The summed E-state index contributed by atoms with van der Waals surface area (Å²) in [5, 5.41) is 6.19. The summed E-state index contributed by atoms with van der Waals surface area (Å²) < 4.78 is 31.8. The van der Waals surface area contributed by atoms with Gasteiger partial charge in [-0.2, -0.15) is 0 Å². The normalized spacial score (nSPS) is 20.6.